The Morgan fingerprint density at radius 1 is 0.923 bits per heavy atom. The second-order valence-electron chi connectivity index (χ2n) is 10.6. The van der Waals surface area contributed by atoms with Crippen LogP contribution in [0.2, 0.25) is 0 Å². The second-order valence-corrected chi connectivity index (χ2v) is 10.6. The number of nitrogens with one attached hydrogen (secondary N) is 1. The van der Waals surface area contributed by atoms with Gasteiger partial charge >= 0.3 is 7.12 Å². The van der Waals surface area contributed by atoms with E-state index in [2.05, 4.69) is 12.2 Å². The number of anilines is 3. The Morgan fingerprint density at radius 2 is 1.62 bits per heavy atom. The van der Waals surface area contributed by atoms with Crippen molar-refractivity contribution in [1.29, 1.82) is 0 Å². The Morgan fingerprint density at radius 3 is 2.31 bits per heavy atom. The van der Waals surface area contributed by atoms with Gasteiger partial charge in [-0.05, 0) is 84.7 Å². The predicted octanol–water partition coefficient (Wildman–Crippen LogP) is 5.54. The lowest BCUT2D eigenvalue weighted by molar-refractivity contribution is -0.123. The van der Waals surface area contributed by atoms with Gasteiger partial charge in [-0.25, -0.2) is 0 Å². The summed E-state index contributed by atoms with van der Waals surface area (Å²) in [4.78, 5) is 29.1. The first-order chi connectivity index (χ1) is 18.9. The zero-order valence-corrected chi connectivity index (χ0v) is 21.8. The minimum Gasteiger partial charge on any atom is -0.508 e. The number of allylic oxidation sites excluding steroid dienone is 2. The highest BCUT2D eigenvalue weighted by molar-refractivity contribution is 6.53. The number of hydrogen-bond acceptors (Lipinski definition) is 6. The number of nitrogens with zero attached hydrogens (tertiary/aromatic N) is 1. The molecule has 39 heavy (non-hydrogen) atoms. The Balaban J connectivity index is 1.30. The number of benzene rings is 3. The number of aromatic hydroxyl groups is 1. The van der Waals surface area contributed by atoms with Crippen LogP contribution in [-0.2, 0) is 14.2 Å². The molecular weight excluding hydrogens is 491 g/mol. The molecular formula is C31H31BN2O5. The minimum atomic E-state index is -1.13. The average Bonchev–Trinajstić information content (AvgIpc) is 3.19. The van der Waals surface area contributed by atoms with Crippen molar-refractivity contribution in [3.05, 3.63) is 95.5 Å². The summed E-state index contributed by atoms with van der Waals surface area (Å²) in [7, 11) is -1.13. The summed E-state index contributed by atoms with van der Waals surface area (Å²) in [5.41, 5.74) is 5.00. The zero-order chi connectivity index (χ0) is 27.1. The molecule has 0 aromatic heterocycles. The summed E-state index contributed by atoms with van der Waals surface area (Å²) in [6.07, 6.45) is 2.12. The van der Waals surface area contributed by atoms with Crippen molar-refractivity contribution in [3.63, 3.8) is 0 Å². The molecule has 7 nitrogen and oxygen atoms in total. The van der Waals surface area contributed by atoms with Crippen molar-refractivity contribution in [1.82, 2.24) is 0 Å². The summed E-state index contributed by atoms with van der Waals surface area (Å²) in [6, 6.07) is 23.9. The quantitative estimate of drug-likeness (QED) is 0.291. The lowest BCUT2D eigenvalue weighted by atomic mass is 9.54. The van der Waals surface area contributed by atoms with Crippen LogP contribution >= 0.6 is 0 Å². The van der Waals surface area contributed by atoms with Crippen molar-refractivity contribution >= 4 is 36.0 Å². The number of rotatable bonds is 6. The highest BCUT2D eigenvalue weighted by Gasteiger charge is 2.58. The van der Waals surface area contributed by atoms with Crippen molar-refractivity contribution in [3.8, 4) is 5.75 Å². The van der Waals surface area contributed by atoms with E-state index in [0.29, 0.717) is 18.5 Å². The Kier molecular flexibility index (Phi) is 6.75. The largest absolute Gasteiger partial charge is 0.508 e. The fourth-order valence-corrected chi connectivity index (χ4v) is 6.49. The lowest BCUT2D eigenvalue weighted by Crippen LogP contribution is -2.44. The lowest BCUT2D eigenvalue weighted by Gasteiger charge is -2.42. The average molecular weight is 522 g/mol. The summed E-state index contributed by atoms with van der Waals surface area (Å²) < 4.78 is 6.04. The molecule has 8 heteroatoms. The van der Waals surface area contributed by atoms with E-state index >= 15 is 0 Å². The van der Waals surface area contributed by atoms with E-state index in [1.54, 1.807) is 36.4 Å². The number of phenolic OH excluding ortho intramolecular Hbond substituents is 1. The topological polar surface area (TPSA) is 99.1 Å². The molecule has 2 aliphatic heterocycles. The molecule has 0 radical (unpaired) electrons. The molecule has 3 aromatic carbocycles. The summed E-state index contributed by atoms with van der Waals surface area (Å²) in [5, 5.41) is 24.2. The summed E-state index contributed by atoms with van der Waals surface area (Å²) in [5.74, 6) is -1.55. The third-order valence-corrected chi connectivity index (χ3v) is 8.22. The molecule has 2 saturated heterocycles. The van der Waals surface area contributed by atoms with Gasteiger partial charge in [0.05, 0.1) is 23.6 Å². The molecule has 0 spiro atoms. The van der Waals surface area contributed by atoms with Crippen LogP contribution in [0, 0.1) is 17.8 Å². The van der Waals surface area contributed by atoms with Gasteiger partial charge in [0.2, 0.25) is 11.8 Å². The van der Waals surface area contributed by atoms with Crippen molar-refractivity contribution in [2.75, 3.05) is 10.2 Å². The second kappa shape index (κ2) is 10.4. The number of para-hydroxylation sites is 1. The number of carbonyl (C=O) groups is 2. The molecule has 4 atom stereocenters. The van der Waals surface area contributed by atoms with Gasteiger partial charge in [0.25, 0.3) is 0 Å². The molecule has 198 valence electrons. The molecule has 0 unspecified atom stereocenters. The van der Waals surface area contributed by atoms with Crippen LogP contribution < -0.4 is 10.2 Å². The zero-order valence-electron chi connectivity index (χ0n) is 21.8. The third-order valence-electron chi connectivity index (χ3n) is 8.22. The van der Waals surface area contributed by atoms with Crippen LogP contribution in [0.3, 0.4) is 0 Å². The summed E-state index contributed by atoms with van der Waals surface area (Å²) >= 11 is 0. The van der Waals surface area contributed by atoms with Crippen LogP contribution in [0.5, 0.6) is 5.75 Å². The Labute approximate surface area is 228 Å². The maximum Gasteiger partial charge on any atom is 0.487 e. The van der Waals surface area contributed by atoms with Crippen molar-refractivity contribution < 1.29 is 24.4 Å². The van der Waals surface area contributed by atoms with Crippen LogP contribution in [0.25, 0.3) is 0 Å². The Bertz CT molecular complexity index is 1410. The molecule has 6 rings (SSSR count). The maximum absolute atomic E-state index is 14.0. The molecule has 3 aromatic rings. The highest BCUT2D eigenvalue weighted by Crippen LogP contribution is 2.52. The van der Waals surface area contributed by atoms with Gasteiger partial charge in [-0.15, -0.1) is 0 Å². The number of hydrogen-bond donors (Lipinski definition) is 3. The monoisotopic (exact) mass is 522 g/mol. The van der Waals surface area contributed by atoms with Gasteiger partial charge in [-0.2, -0.15) is 0 Å². The molecule has 0 bridgehead atoms. The van der Waals surface area contributed by atoms with E-state index in [4.69, 9.17) is 4.65 Å². The smallest absolute Gasteiger partial charge is 0.487 e. The SMILES string of the molecule is CCCC1=C2B(O)O[C@H](c3ccc(O)cc3)C[C@H]2[C@H]2C(=O)N(c3ccc(Nc4ccccc4)cc3)C(=O)[C@H]2C1. The van der Waals surface area contributed by atoms with Gasteiger partial charge < -0.3 is 20.1 Å². The Hall–Kier alpha value is -3.88. The molecule has 2 heterocycles. The van der Waals surface area contributed by atoms with Gasteiger partial charge in [0.15, 0.2) is 0 Å². The number of amides is 2. The molecule has 0 saturated carbocycles. The van der Waals surface area contributed by atoms with Crippen molar-refractivity contribution in [2.45, 2.75) is 38.7 Å². The van der Waals surface area contributed by atoms with E-state index in [1.165, 1.54) is 4.90 Å². The third kappa shape index (κ3) is 4.64. The van der Waals surface area contributed by atoms with Crippen LogP contribution in [-0.4, -0.2) is 29.1 Å². The van der Waals surface area contributed by atoms with Gasteiger partial charge in [0.1, 0.15) is 5.75 Å². The normalized spacial score (nSPS) is 24.6. The molecule has 3 aliphatic rings. The fourth-order valence-electron chi connectivity index (χ4n) is 6.49. The number of imide groups is 1. The maximum atomic E-state index is 14.0. The minimum absolute atomic E-state index is 0.149. The van der Waals surface area contributed by atoms with Gasteiger partial charge in [-0.3, -0.25) is 14.5 Å². The van der Waals surface area contributed by atoms with Gasteiger partial charge in [0, 0.05) is 11.4 Å². The van der Waals surface area contributed by atoms with E-state index in [0.717, 1.165) is 40.8 Å². The van der Waals surface area contributed by atoms with Crippen molar-refractivity contribution in [2.24, 2.45) is 17.8 Å². The number of carbonyl (C=O) groups excluding carboxylic acids is 2. The first-order valence-corrected chi connectivity index (χ1v) is 13.6. The fraction of sp³-hybridized carbons (Fsp3) is 0.290. The first-order valence-electron chi connectivity index (χ1n) is 13.6. The van der Waals surface area contributed by atoms with E-state index in [1.807, 2.05) is 42.5 Å². The highest BCUT2D eigenvalue weighted by atomic mass is 16.5. The molecule has 1 aliphatic carbocycles. The molecule has 3 N–H and O–H groups in total. The van der Waals surface area contributed by atoms with Gasteiger partial charge in [-0.1, -0.05) is 49.2 Å². The standard InChI is InChI=1S/C31H31BN2O5/c1-2-6-20-17-26-28(25-18-27(39-32(38)29(20)25)19-9-15-24(35)16-10-19)31(37)34(30(26)36)23-13-11-22(12-14-23)33-21-7-4-3-5-8-21/h3-5,7-16,25-28,33,35,38H,2,6,17-18H2,1H3/t25-,26-,27-,28+/m0/s1. The molecule has 2 amide bonds. The first kappa shape index (κ1) is 25.4. The van der Waals surface area contributed by atoms with E-state index < -0.39 is 25.1 Å². The molecule has 2 fully saturated rings. The number of phenols is 1. The van der Waals surface area contributed by atoms with Crippen LogP contribution in [0.4, 0.5) is 17.1 Å². The summed E-state index contributed by atoms with van der Waals surface area (Å²) in [6.45, 7) is 2.07. The van der Waals surface area contributed by atoms with Crippen LogP contribution in [0.1, 0.15) is 44.3 Å². The van der Waals surface area contributed by atoms with E-state index in [9.17, 15) is 19.7 Å². The van der Waals surface area contributed by atoms with Crippen LogP contribution in [0.15, 0.2) is 89.9 Å². The van der Waals surface area contributed by atoms with E-state index in [-0.39, 0.29) is 23.5 Å². The predicted molar refractivity (Wildman–Crippen MR) is 150 cm³/mol. The number of fused-ring (bicyclic) bond motifs is 3.